The quantitative estimate of drug-likeness (QED) is 0.102. The van der Waals surface area contributed by atoms with E-state index in [9.17, 15) is 63.5 Å². The number of ether oxygens (including phenoxy) is 6. The van der Waals surface area contributed by atoms with Gasteiger partial charge in [-0.15, -0.1) is 0 Å². The van der Waals surface area contributed by atoms with Crippen molar-refractivity contribution in [1.29, 1.82) is 0 Å². The van der Waals surface area contributed by atoms with Crippen molar-refractivity contribution in [2.45, 2.75) is 142 Å². The Bertz CT molecular complexity index is 1360. The van der Waals surface area contributed by atoms with Gasteiger partial charge in [0.2, 0.25) is 5.60 Å². The first-order valence-corrected chi connectivity index (χ1v) is 16.1. The molecule has 7 atom stereocenters. The fourth-order valence-electron chi connectivity index (χ4n) is 6.37. The topological polar surface area (TPSA) is 141 Å². The molecule has 7 unspecified atom stereocenters. The Balaban J connectivity index is 2.84. The van der Waals surface area contributed by atoms with Gasteiger partial charge in [0.15, 0.2) is 0 Å². The molecular weight excluding hydrogens is 731 g/mol. The molecule has 1 aliphatic heterocycles. The molecular formula is C32H43F9O11. The van der Waals surface area contributed by atoms with Gasteiger partial charge in [-0.2, -0.15) is 39.5 Å². The second kappa shape index (κ2) is 14.4. The molecule has 1 saturated carbocycles. The zero-order valence-corrected chi connectivity index (χ0v) is 30.1. The molecule has 0 aromatic carbocycles. The number of halogens is 9. The monoisotopic (exact) mass is 774 g/mol. The molecule has 2 aliphatic rings. The Morgan fingerprint density at radius 3 is 1.46 bits per heavy atom. The summed E-state index contributed by atoms with van der Waals surface area (Å²) in [6.45, 7) is 10.8. The lowest BCUT2D eigenvalue weighted by Crippen LogP contribution is -2.67. The predicted molar refractivity (Wildman–Crippen MR) is 157 cm³/mol. The molecule has 0 bridgehead atoms. The van der Waals surface area contributed by atoms with Gasteiger partial charge >= 0.3 is 54.3 Å². The minimum Gasteiger partial charge on any atom is -0.462 e. The molecule has 1 heterocycles. The van der Waals surface area contributed by atoms with Gasteiger partial charge in [0.25, 0.3) is 0 Å². The van der Waals surface area contributed by atoms with Crippen LogP contribution in [-0.4, -0.2) is 77.3 Å². The van der Waals surface area contributed by atoms with Crippen molar-refractivity contribution in [3.8, 4) is 0 Å². The van der Waals surface area contributed by atoms with E-state index in [-0.39, 0.29) is 13.3 Å². The summed E-state index contributed by atoms with van der Waals surface area (Å²) in [6.07, 6.45) is -30.3. The number of carbonyl (C=O) groups excluding carboxylic acids is 5. The highest BCUT2D eigenvalue weighted by Gasteiger charge is 2.79. The Labute approximate surface area is 293 Å². The van der Waals surface area contributed by atoms with Gasteiger partial charge in [0.05, 0.1) is 17.3 Å². The average molecular weight is 775 g/mol. The van der Waals surface area contributed by atoms with Crippen LogP contribution < -0.4 is 0 Å². The van der Waals surface area contributed by atoms with Crippen molar-refractivity contribution in [2.24, 2.45) is 29.1 Å². The van der Waals surface area contributed by atoms with Gasteiger partial charge in [0.1, 0.15) is 17.3 Å². The minimum absolute atomic E-state index is 0.193. The largest absolute Gasteiger partial charge is 0.510 e. The third-order valence-corrected chi connectivity index (χ3v) is 9.23. The molecule has 20 heteroatoms. The summed E-state index contributed by atoms with van der Waals surface area (Å²) in [4.78, 5) is 63.4. The second-order valence-electron chi connectivity index (χ2n) is 15.4. The number of esters is 3. The maximum atomic E-state index is 14.9. The first kappa shape index (κ1) is 44.7. The van der Waals surface area contributed by atoms with E-state index in [1.54, 1.807) is 0 Å². The maximum Gasteiger partial charge on any atom is 0.510 e. The van der Waals surface area contributed by atoms with E-state index in [0.717, 1.165) is 27.7 Å². The zero-order chi connectivity index (χ0) is 40.8. The number of carbonyl (C=O) groups is 5. The smallest absolute Gasteiger partial charge is 0.462 e. The van der Waals surface area contributed by atoms with Crippen LogP contribution >= 0.6 is 0 Å². The minimum atomic E-state index is -6.58. The number of hydrogen-bond donors (Lipinski definition) is 0. The fraction of sp³-hybridized carbons (Fsp3) is 0.844. The molecule has 0 aromatic heterocycles. The van der Waals surface area contributed by atoms with E-state index in [1.807, 2.05) is 0 Å². The first-order valence-electron chi connectivity index (χ1n) is 16.1. The zero-order valence-electron chi connectivity index (χ0n) is 30.1. The van der Waals surface area contributed by atoms with Gasteiger partial charge in [-0.1, -0.05) is 13.8 Å². The molecule has 1 saturated heterocycles. The van der Waals surface area contributed by atoms with Crippen molar-refractivity contribution in [2.75, 3.05) is 0 Å². The lowest BCUT2D eigenvalue weighted by Gasteiger charge is -2.49. The average Bonchev–Trinajstić information content (AvgIpc) is 3.17. The molecule has 0 aromatic rings. The molecule has 0 N–H and O–H groups in total. The van der Waals surface area contributed by atoms with Gasteiger partial charge in [-0.3, -0.25) is 14.4 Å². The Morgan fingerprint density at radius 1 is 0.654 bits per heavy atom. The highest BCUT2D eigenvalue weighted by atomic mass is 19.4. The van der Waals surface area contributed by atoms with Gasteiger partial charge in [0, 0.05) is 11.8 Å². The van der Waals surface area contributed by atoms with Crippen LogP contribution in [0.2, 0.25) is 0 Å². The van der Waals surface area contributed by atoms with Gasteiger partial charge < -0.3 is 28.4 Å². The highest BCUT2D eigenvalue weighted by molar-refractivity contribution is 5.99. The number of cyclic esters (lactones) is 2. The lowest BCUT2D eigenvalue weighted by atomic mass is 9.65. The SMILES string of the molecule is CCC(C)(C(=O)OC1CC(C(C)(OC(=O)OC(C)(C)C)C(F)(F)F)CC(C(OC(=O)OC(C)(C)C)(C(F)(F)F)C(F)(F)F)C1)C1C(=O)OC(=O)C1C. The van der Waals surface area contributed by atoms with Crippen LogP contribution in [-0.2, 0) is 42.8 Å². The second-order valence-corrected chi connectivity index (χ2v) is 15.4. The predicted octanol–water partition coefficient (Wildman–Crippen LogP) is 8.15. The normalized spacial score (nSPS) is 26.0. The van der Waals surface area contributed by atoms with Crippen LogP contribution in [0.25, 0.3) is 0 Å². The fourth-order valence-corrected chi connectivity index (χ4v) is 6.37. The van der Waals surface area contributed by atoms with E-state index >= 15 is 0 Å². The summed E-state index contributed by atoms with van der Waals surface area (Å²) >= 11 is 0. The number of alkyl halides is 9. The van der Waals surface area contributed by atoms with E-state index in [1.165, 1.54) is 34.6 Å². The van der Waals surface area contributed by atoms with Gasteiger partial charge in [-0.25, -0.2) is 9.59 Å². The maximum absolute atomic E-state index is 14.9. The van der Waals surface area contributed by atoms with E-state index in [2.05, 4.69) is 18.9 Å². The molecule has 0 radical (unpaired) electrons. The van der Waals surface area contributed by atoms with Crippen LogP contribution in [0.3, 0.4) is 0 Å². The number of hydrogen-bond acceptors (Lipinski definition) is 11. The number of rotatable bonds is 8. The summed E-state index contributed by atoms with van der Waals surface area (Å²) in [6, 6.07) is 0. The van der Waals surface area contributed by atoms with Crippen LogP contribution in [0.1, 0.15) is 94.9 Å². The standard InChI is InChI=1S/C32H43F9O11/c1-11-27(9,19-15(2)20(42)48-21(19)43)22(44)47-18-13-16(28(10,30(33,34)35)51-23(45)49-25(3,4)5)12-17(14-18)29(31(36,37)38,32(39,40)41)52-24(46)50-26(6,7)8/h15-19H,11-14H2,1-10H3. The summed E-state index contributed by atoms with van der Waals surface area (Å²) in [7, 11) is 0. The van der Waals surface area contributed by atoms with Crippen LogP contribution in [0.15, 0.2) is 0 Å². The third kappa shape index (κ3) is 9.17. The highest BCUT2D eigenvalue weighted by Crippen LogP contribution is 2.58. The first-order chi connectivity index (χ1) is 23.1. The van der Waals surface area contributed by atoms with E-state index in [0.29, 0.717) is 0 Å². The lowest BCUT2D eigenvalue weighted by molar-refractivity contribution is -0.392. The molecule has 0 spiro atoms. The summed E-state index contributed by atoms with van der Waals surface area (Å²) < 4.78 is 162. The van der Waals surface area contributed by atoms with Crippen LogP contribution in [0.4, 0.5) is 49.1 Å². The van der Waals surface area contributed by atoms with Gasteiger partial charge in [-0.05, 0) is 81.1 Å². The Hall–Kier alpha value is -3.48. The molecule has 300 valence electrons. The summed E-state index contributed by atoms with van der Waals surface area (Å²) in [5, 5.41) is 0. The molecule has 1 aliphatic carbocycles. The molecule has 52 heavy (non-hydrogen) atoms. The Morgan fingerprint density at radius 2 is 1.10 bits per heavy atom. The van der Waals surface area contributed by atoms with Crippen molar-refractivity contribution in [3.63, 3.8) is 0 Å². The van der Waals surface area contributed by atoms with Crippen molar-refractivity contribution < 1.29 is 91.9 Å². The van der Waals surface area contributed by atoms with Crippen LogP contribution in [0, 0.1) is 29.1 Å². The van der Waals surface area contributed by atoms with Crippen molar-refractivity contribution >= 4 is 30.2 Å². The molecule has 0 amide bonds. The summed E-state index contributed by atoms with van der Waals surface area (Å²) in [5.41, 5.74) is -14.6. The van der Waals surface area contributed by atoms with Crippen molar-refractivity contribution in [1.82, 2.24) is 0 Å². The molecule has 11 nitrogen and oxygen atoms in total. The summed E-state index contributed by atoms with van der Waals surface area (Å²) in [5.74, 6) is -12.3. The Kier molecular flexibility index (Phi) is 12.4. The van der Waals surface area contributed by atoms with Crippen LogP contribution in [0.5, 0.6) is 0 Å². The third-order valence-electron chi connectivity index (χ3n) is 9.23. The van der Waals surface area contributed by atoms with Crippen molar-refractivity contribution in [3.05, 3.63) is 0 Å². The molecule has 2 rings (SSSR count). The van der Waals surface area contributed by atoms with E-state index in [4.69, 9.17) is 9.47 Å². The molecule has 2 fully saturated rings. The van der Waals surface area contributed by atoms with E-state index < -0.39 is 126 Å².